The lowest BCUT2D eigenvalue weighted by atomic mass is 10.2. The zero-order valence-electron chi connectivity index (χ0n) is 9.92. The second-order valence-corrected chi connectivity index (χ2v) is 4.52. The molecule has 0 aliphatic carbocycles. The van der Waals surface area contributed by atoms with Gasteiger partial charge in [-0.15, -0.1) is 0 Å². The van der Waals surface area contributed by atoms with E-state index in [0.717, 1.165) is 12.2 Å². The molecule has 0 amide bonds. The first-order valence-electron chi connectivity index (χ1n) is 5.38. The van der Waals surface area contributed by atoms with Crippen molar-refractivity contribution in [1.29, 1.82) is 0 Å². The second-order valence-electron chi connectivity index (χ2n) is 3.73. The van der Waals surface area contributed by atoms with Gasteiger partial charge >= 0.3 is 0 Å². The first kappa shape index (κ1) is 12.7. The molecule has 2 aromatic rings. The Kier molecular flexibility index (Phi) is 3.42. The fraction of sp³-hybridized carbons (Fsp3) is 0.273. The molecular weight excluding hydrogens is 300 g/mol. The van der Waals surface area contributed by atoms with E-state index in [1.54, 1.807) is 19.3 Å². The Morgan fingerprint density at radius 1 is 1.50 bits per heavy atom. The molecule has 0 bridgehead atoms. The maximum absolute atomic E-state index is 10.8. The number of imidazole rings is 1. The summed E-state index contributed by atoms with van der Waals surface area (Å²) in [4.78, 5) is 18.7. The van der Waals surface area contributed by atoms with Crippen LogP contribution in [0.1, 0.15) is 18.3 Å². The SMILES string of the molecule is CCc1nccn1-c1ncc([N+](=O)[O-])c(C)c1Br. The van der Waals surface area contributed by atoms with Gasteiger partial charge in [0.05, 0.1) is 9.40 Å². The molecule has 0 unspecified atom stereocenters. The third-order valence-electron chi connectivity index (χ3n) is 2.68. The van der Waals surface area contributed by atoms with Crippen molar-refractivity contribution in [1.82, 2.24) is 14.5 Å². The van der Waals surface area contributed by atoms with Gasteiger partial charge in [-0.2, -0.15) is 0 Å². The Morgan fingerprint density at radius 2 is 2.22 bits per heavy atom. The molecule has 2 rings (SSSR count). The van der Waals surface area contributed by atoms with Gasteiger partial charge in [0.15, 0.2) is 5.82 Å². The highest BCUT2D eigenvalue weighted by atomic mass is 79.9. The summed E-state index contributed by atoms with van der Waals surface area (Å²) in [6, 6.07) is 0. The number of pyridine rings is 1. The molecule has 0 aromatic carbocycles. The highest BCUT2D eigenvalue weighted by Gasteiger charge is 2.18. The van der Waals surface area contributed by atoms with Crippen LogP contribution in [-0.2, 0) is 6.42 Å². The van der Waals surface area contributed by atoms with E-state index in [1.165, 1.54) is 6.20 Å². The summed E-state index contributed by atoms with van der Waals surface area (Å²) >= 11 is 3.37. The minimum absolute atomic E-state index is 0.00351. The molecule has 18 heavy (non-hydrogen) atoms. The number of hydrogen-bond acceptors (Lipinski definition) is 4. The summed E-state index contributed by atoms with van der Waals surface area (Å²) in [5, 5.41) is 10.8. The van der Waals surface area contributed by atoms with E-state index in [-0.39, 0.29) is 5.69 Å². The quantitative estimate of drug-likeness (QED) is 0.645. The third-order valence-corrected chi connectivity index (χ3v) is 3.63. The molecule has 0 saturated heterocycles. The first-order chi connectivity index (χ1) is 8.56. The van der Waals surface area contributed by atoms with Gasteiger partial charge in [0.25, 0.3) is 5.69 Å². The molecule has 0 atom stereocenters. The van der Waals surface area contributed by atoms with Crippen molar-refractivity contribution in [3.05, 3.63) is 44.6 Å². The Morgan fingerprint density at radius 3 is 2.83 bits per heavy atom. The zero-order valence-corrected chi connectivity index (χ0v) is 11.5. The number of nitrogens with zero attached hydrogens (tertiary/aromatic N) is 4. The number of hydrogen-bond donors (Lipinski definition) is 0. The number of aromatic nitrogens is 3. The van der Waals surface area contributed by atoms with E-state index < -0.39 is 4.92 Å². The van der Waals surface area contributed by atoms with Crippen LogP contribution in [0.4, 0.5) is 5.69 Å². The van der Waals surface area contributed by atoms with Crippen molar-refractivity contribution in [2.45, 2.75) is 20.3 Å². The standard InChI is InChI=1S/C11H11BrN4O2/c1-3-9-13-4-5-15(9)11-10(12)7(2)8(6-14-11)16(17)18/h4-6H,3H2,1-2H3. The van der Waals surface area contributed by atoms with E-state index in [1.807, 2.05) is 11.5 Å². The van der Waals surface area contributed by atoms with Crippen LogP contribution in [0.5, 0.6) is 0 Å². The van der Waals surface area contributed by atoms with Crippen LogP contribution in [0.15, 0.2) is 23.1 Å². The van der Waals surface area contributed by atoms with Crippen molar-refractivity contribution < 1.29 is 4.92 Å². The minimum atomic E-state index is -0.439. The van der Waals surface area contributed by atoms with Gasteiger partial charge in [-0.05, 0) is 22.9 Å². The summed E-state index contributed by atoms with van der Waals surface area (Å²) in [6.07, 6.45) is 5.51. The fourth-order valence-electron chi connectivity index (χ4n) is 1.70. The normalized spacial score (nSPS) is 10.6. The van der Waals surface area contributed by atoms with Crippen LogP contribution in [-0.4, -0.2) is 19.5 Å². The number of nitro groups is 1. The third kappa shape index (κ3) is 2.01. The smallest absolute Gasteiger partial charge is 0.287 e. The van der Waals surface area contributed by atoms with Gasteiger partial charge in [-0.25, -0.2) is 9.97 Å². The lowest BCUT2D eigenvalue weighted by molar-refractivity contribution is -0.385. The van der Waals surface area contributed by atoms with Gasteiger partial charge in [-0.1, -0.05) is 6.92 Å². The number of aryl methyl sites for hydroxylation is 1. The van der Waals surface area contributed by atoms with Gasteiger partial charge < -0.3 is 0 Å². The lowest BCUT2D eigenvalue weighted by Crippen LogP contribution is -2.05. The molecular formula is C11H11BrN4O2. The molecule has 0 saturated carbocycles. The summed E-state index contributed by atoms with van der Waals surface area (Å²) < 4.78 is 2.44. The van der Waals surface area contributed by atoms with E-state index in [4.69, 9.17) is 0 Å². The molecule has 94 valence electrons. The van der Waals surface area contributed by atoms with Crippen molar-refractivity contribution in [3.8, 4) is 5.82 Å². The second kappa shape index (κ2) is 4.85. The minimum Gasteiger partial charge on any atom is -0.287 e. The summed E-state index contributed by atoms with van der Waals surface area (Å²) in [6.45, 7) is 3.68. The molecule has 0 aliphatic rings. The number of rotatable bonds is 3. The number of halogens is 1. The summed E-state index contributed by atoms with van der Waals surface area (Å²) in [7, 11) is 0. The zero-order chi connectivity index (χ0) is 13.3. The topological polar surface area (TPSA) is 73.8 Å². The van der Waals surface area contributed by atoms with E-state index in [0.29, 0.717) is 15.9 Å². The molecule has 2 aromatic heterocycles. The summed E-state index contributed by atoms with van der Waals surface area (Å²) in [5.41, 5.74) is 0.560. The van der Waals surface area contributed by atoms with Crippen LogP contribution >= 0.6 is 15.9 Å². The van der Waals surface area contributed by atoms with Gasteiger partial charge in [0.2, 0.25) is 0 Å². The monoisotopic (exact) mass is 310 g/mol. The molecule has 0 aliphatic heterocycles. The molecule has 2 heterocycles. The van der Waals surface area contributed by atoms with E-state index in [9.17, 15) is 10.1 Å². The van der Waals surface area contributed by atoms with Gasteiger partial charge in [-0.3, -0.25) is 14.7 Å². The molecule has 0 fully saturated rings. The average Bonchev–Trinajstić information content (AvgIpc) is 2.80. The van der Waals surface area contributed by atoms with Crippen LogP contribution in [0.2, 0.25) is 0 Å². The predicted molar refractivity (Wildman–Crippen MR) is 69.8 cm³/mol. The average molecular weight is 311 g/mol. The van der Waals surface area contributed by atoms with Crippen LogP contribution in [0.3, 0.4) is 0 Å². The molecule has 7 heteroatoms. The maximum atomic E-state index is 10.8. The van der Waals surface area contributed by atoms with Crippen LogP contribution in [0.25, 0.3) is 5.82 Å². The van der Waals surface area contributed by atoms with Crippen molar-refractivity contribution in [2.24, 2.45) is 0 Å². The molecule has 0 spiro atoms. The molecule has 0 N–H and O–H groups in total. The maximum Gasteiger partial charge on any atom is 0.291 e. The van der Waals surface area contributed by atoms with E-state index >= 15 is 0 Å². The lowest BCUT2D eigenvalue weighted by Gasteiger charge is -2.09. The fourth-order valence-corrected chi connectivity index (χ4v) is 2.19. The van der Waals surface area contributed by atoms with E-state index in [2.05, 4.69) is 25.9 Å². The Labute approximate surface area is 112 Å². The first-order valence-corrected chi connectivity index (χ1v) is 6.17. The van der Waals surface area contributed by atoms with Gasteiger partial charge in [0, 0.05) is 24.4 Å². The van der Waals surface area contributed by atoms with Crippen molar-refractivity contribution >= 4 is 21.6 Å². The molecule has 6 nitrogen and oxygen atoms in total. The Hall–Kier alpha value is -1.76. The van der Waals surface area contributed by atoms with Crippen LogP contribution in [0, 0.1) is 17.0 Å². The Balaban J connectivity index is 2.61. The van der Waals surface area contributed by atoms with Gasteiger partial charge in [0.1, 0.15) is 12.0 Å². The highest BCUT2D eigenvalue weighted by molar-refractivity contribution is 9.10. The van der Waals surface area contributed by atoms with Crippen molar-refractivity contribution in [3.63, 3.8) is 0 Å². The Bertz CT molecular complexity index is 609. The van der Waals surface area contributed by atoms with Crippen LogP contribution < -0.4 is 0 Å². The summed E-state index contributed by atoms with van der Waals surface area (Å²) in [5.74, 6) is 1.48. The highest BCUT2D eigenvalue weighted by Crippen LogP contribution is 2.30. The molecule has 0 radical (unpaired) electrons. The largest absolute Gasteiger partial charge is 0.291 e. The van der Waals surface area contributed by atoms with Crippen molar-refractivity contribution in [2.75, 3.05) is 0 Å². The predicted octanol–water partition coefficient (Wildman–Crippen LogP) is 2.81.